The van der Waals surface area contributed by atoms with Crippen molar-refractivity contribution in [1.29, 1.82) is 0 Å². The van der Waals surface area contributed by atoms with Crippen molar-refractivity contribution in [3.05, 3.63) is 44.8 Å². The molecule has 0 aliphatic carbocycles. The van der Waals surface area contributed by atoms with E-state index in [9.17, 15) is 9.59 Å². The molecule has 0 bridgehead atoms. The number of carbonyl (C=O) groups is 1. The summed E-state index contributed by atoms with van der Waals surface area (Å²) in [6.45, 7) is 4.12. The van der Waals surface area contributed by atoms with E-state index in [1.165, 1.54) is 18.9 Å². The third-order valence-electron chi connectivity index (χ3n) is 4.39. The molecule has 1 amide bonds. The van der Waals surface area contributed by atoms with Gasteiger partial charge >= 0.3 is 0 Å². The number of aromatic nitrogens is 2. The molecule has 1 aromatic carbocycles. The summed E-state index contributed by atoms with van der Waals surface area (Å²) in [4.78, 5) is 29.8. The van der Waals surface area contributed by atoms with Gasteiger partial charge in [-0.3, -0.25) is 14.2 Å². The first kappa shape index (κ1) is 18.8. The zero-order valence-electron chi connectivity index (χ0n) is 14.8. The molecule has 0 unspecified atom stereocenters. The largest absolute Gasteiger partial charge is 0.495 e. The Morgan fingerprint density at radius 3 is 2.92 bits per heavy atom. The first-order chi connectivity index (χ1) is 12.4. The van der Waals surface area contributed by atoms with Crippen LogP contribution in [0.15, 0.2) is 28.2 Å². The maximum absolute atomic E-state index is 12.7. The SMILES string of the molecule is CCc1c(C)nc2n(c1=O)C[C@@H](C(=O)Nc1ccc(OC)c(Cl)c1)CS2. The molecule has 0 saturated carbocycles. The predicted octanol–water partition coefficient (Wildman–Crippen LogP) is 3.14. The summed E-state index contributed by atoms with van der Waals surface area (Å²) >= 11 is 7.54. The quantitative estimate of drug-likeness (QED) is 0.808. The molecule has 1 atom stereocenters. The summed E-state index contributed by atoms with van der Waals surface area (Å²) in [7, 11) is 1.54. The van der Waals surface area contributed by atoms with E-state index in [1.54, 1.807) is 22.8 Å². The number of carbonyl (C=O) groups excluding carboxylic acids is 1. The molecule has 1 N–H and O–H groups in total. The van der Waals surface area contributed by atoms with Gasteiger partial charge in [0.15, 0.2) is 5.16 Å². The predicted molar refractivity (Wildman–Crippen MR) is 103 cm³/mol. The van der Waals surface area contributed by atoms with E-state index in [-0.39, 0.29) is 17.4 Å². The fraction of sp³-hybridized carbons (Fsp3) is 0.389. The van der Waals surface area contributed by atoms with Crippen molar-refractivity contribution in [1.82, 2.24) is 9.55 Å². The number of amides is 1. The lowest BCUT2D eigenvalue weighted by molar-refractivity contribution is -0.119. The molecule has 0 radical (unpaired) electrons. The van der Waals surface area contributed by atoms with Crippen molar-refractivity contribution in [3.63, 3.8) is 0 Å². The number of ether oxygens (including phenoxy) is 1. The third kappa shape index (κ3) is 3.59. The van der Waals surface area contributed by atoms with Gasteiger partial charge < -0.3 is 10.1 Å². The Morgan fingerprint density at radius 2 is 2.27 bits per heavy atom. The highest BCUT2D eigenvalue weighted by atomic mass is 35.5. The summed E-state index contributed by atoms with van der Waals surface area (Å²) in [5.41, 5.74) is 2.03. The molecule has 1 aromatic heterocycles. The molecule has 8 heteroatoms. The molecule has 0 saturated heterocycles. The van der Waals surface area contributed by atoms with Crippen LogP contribution < -0.4 is 15.6 Å². The first-order valence-corrected chi connectivity index (χ1v) is 9.68. The van der Waals surface area contributed by atoms with Crippen molar-refractivity contribution in [2.75, 3.05) is 18.2 Å². The topological polar surface area (TPSA) is 73.2 Å². The third-order valence-corrected chi connectivity index (χ3v) is 5.83. The second-order valence-corrected chi connectivity index (χ2v) is 7.47. The smallest absolute Gasteiger partial charge is 0.257 e. The molecule has 2 heterocycles. The van der Waals surface area contributed by atoms with Gasteiger partial charge in [0.1, 0.15) is 5.75 Å². The number of thioether (sulfide) groups is 1. The van der Waals surface area contributed by atoms with Gasteiger partial charge in [-0.15, -0.1) is 0 Å². The fourth-order valence-corrected chi connectivity index (χ4v) is 4.33. The van der Waals surface area contributed by atoms with Crippen molar-refractivity contribution in [2.45, 2.75) is 32.0 Å². The van der Waals surface area contributed by atoms with Crippen LogP contribution in [0.4, 0.5) is 5.69 Å². The fourth-order valence-electron chi connectivity index (χ4n) is 2.95. The van der Waals surface area contributed by atoms with Gasteiger partial charge in [-0.05, 0) is 31.5 Å². The number of hydrogen-bond acceptors (Lipinski definition) is 5. The first-order valence-electron chi connectivity index (χ1n) is 8.32. The van der Waals surface area contributed by atoms with Crippen LogP contribution in [-0.2, 0) is 17.8 Å². The lowest BCUT2D eigenvalue weighted by Crippen LogP contribution is -2.38. The zero-order chi connectivity index (χ0) is 18.8. The molecule has 2 aromatic rings. The number of nitrogens with zero attached hydrogens (tertiary/aromatic N) is 2. The van der Waals surface area contributed by atoms with Crippen molar-refractivity contribution >= 4 is 35.0 Å². The molecule has 1 aliphatic heterocycles. The number of benzene rings is 1. The maximum Gasteiger partial charge on any atom is 0.257 e. The number of fused-ring (bicyclic) bond motifs is 1. The van der Waals surface area contributed by atoms with Gasteiger partial charge in [0.05, 0.1) is 18.1 Å². The van der Waals surface area contributed by atoms with Gasteiger partial charge in [0.2, 0.25) is 5.91 Å². The maximum atomic E-state index is 12.7. The molecule has 0 spiro atoms. The second-order valence-electron chi connectivity index (χ2n) is 6.07. The van der Waals surface area contributed by atoms with Gasteiger partial charge in [-0.2, -0.15) is 0 Å². The lowest BCUT2D eigenvalue weighted by Gasteiger charge is -2.25. The summed E-state index contributed by atoms with van der Waals surface area (Å²) < 4.78 is 6.73. The Morgan fingerprint density at radius 1 is 1.50 bits per heavy atom. The summed E-state index contributed by atoms with van der Waals surface area (Å²) in [6.07, 6.45) is 0.629. The van der Waals surface area contributed by atoms with Crippen LogP contribution in [0.3, 0.4) is 0 Å². The van der Waals surface area contributed by atoms with E-state index in [0.717, 1.165) is 5.69 Å². The Hall–Kier alpha value is -1.99. The van der Waals surface area contributed by atoms with E-state index in [2.05, 4.69) is 10.3 Å². The Kier molecular flexibility index (Phi) is 5.58. The van der Waals surface area contributed by atoms with Gasteiger partial charge in [-0.1, -0.05) is 30.3 Å². The molecule has 6 nitrogen and oxygen atoms in total. The van der Waals surface area contributed by atoms with E-state index in [1.807, 2.05) is 13.8 Å². The van der Waals surface area contributed by atoms with Gasteiger partial charge in [0, 0.05) is 29.2 Å². The highest BCUT2D eigenvalue weighted by molar-refractivity contribution is 7.99. The number of anilines is 1. The van der Waals surface area contributed by atoms with Crippen LogP contribution >= 0.6 is 23.4 Å². The molecule has 26 heavy (non-hydrogen) atoms. The molecule has 3 rings (SSSR count). The summed E-state index contributed by atoms with van der Waals surface area (Å²) in [5, 5.41) is 3.98. The minimum absolute atomic E-state index is 0.0486. The Labute approximate surface area is 160 Å². The van der Waals surface area contributed by atoms with E-state index in [0.29, 0.717) is 45.9 Å². The van der Waals surface area contributed by atoms with E-state index >= 15 is 0 Å². The van der Waals surface area contributed by atoms with Gasteiger partial charge in [0.25, 0.3) is 5.56 Å². The van der Waals surface area contributed by atoms with Crippen LogP contribution in [0.5, 0.6) is 5.75 Å². The standard InChI is InChI=1S/C18H20ClN3O3S/c1-4-13-10(2)20-18-22(17(13)24)8-11(9-26-18)16(23)21-12-5-6-15(25-3)14(19)7-12/h5-7,11H,4,8-9H2,1-3H3,(H,21,23)/t11-/m1/s1. The average molecular weight is 394 g/mol. The van der Waals surface area contributed by atoms with Crippen molar-refractivity contribution in [3.8, 4) is 5.75 Å². The molecular formula is C18H20ClN3O3S. The minimum atomic E-state index is -0.319. The van der Waals surface area contributed by atoms with Crippen molar-refractivity contribution in [2.24, 2.45) is 5.92 Å². The number of aryl methyl sites for hydroxylation is 1. The van der Waals surface area contributed by atoms with E-state index < -0.39 is 0 Å². The monoisotopic (exact) mass is 393 g/mol. The van der Waals surface area contributed by atoms with Gasteiger partial charge in [-0.25, -0.2) is 4.98 Å². The second kappa shape index (κ2) is 7.72. The molecular weight excluding hydrogens is 374 g/mol. The Balaban J connectivity index is 1.79. The summed E-state index contributed by atoms with van der Waals surface area (Å²) in [5.74, 6) is 0.662. The normalized spacial score (nSPS) is 16.1. The minimum Gasteiger partial charge on any atom is -0.495 e. The van der Waals surface area contributed by atoms with Crippen molar-refractivity contribution < 1.29 is 9.53 Å². The van der Waals surface area contributed by atoms with E-state index in [4.69, 9.17) is 16.3 Å². The van der Waals surface area contributed by atoms with Crippen LogP contribution in [0.25, 0.3) is 0 Å². The highest BCUT2D eigenvalue weighted by Crippen LogP contribution is 2.29. The number of methoxy groups -OCH3 is 1. The van der Waals surface area contributed by atoms with Crippen LogP contribution in [0.1, 0.15) is 18.2 Å². The molecule has 1 aliphatic rings. The lowest BCUT2D eigenvalue weighted by atomic mass is 10.1. The van der Waals surface area contributed by atoms with Crippen LogP contribution in [0, 0.1) is 12.8 Å². The highest BCUT2D eigenvalue weighted by Gasteiger charge is 2.28. The number of hydrogen-bond donors (Lipinski definition) is 1. The molecule has 0 fully saturated rings. The average Bonchev–Trinajstić information content (AvgIpc) is 2.62. The number of rotatable bonds is 4. The number of nitrogens with one attached hydrogen (secondary N) is 1. The van der Waals surface area contributed by atoms with Crippen LogP contribution in [0.2, 0.25) is 5.02 Å². The number of halogens is 1. The summed E-state index contributed by atoms with van der Waals surface area (Å²) in [6, 6.07) is 5.08. The Bertz CT molecular complexity index is 913. The molecule has 138 valence electrons. The van der Waals surface area contributed by atoms with Crippen LogP contribution in [-0.4, -0.2) is 28.3 Å². The zero-order valence-corrected chi connectivity index (χ0v) is 16.4.